The summed E-state index contributed by atoms with van der Waals surface area (Å²) in [5.41, 5.74) is 0.477. The Morgan fingerprint density at radius 3 is 2.21 bits per heavy atom. The average molecular weight is 415 g/mol. The van der Waals surface area contributed by atoms with E-state index in [1.807, 2.05) is 0 Å². The van der Waals surface area contributed by atoms with Crippen molar-refractivity contribution >= 4 is 22.6 Å². The fraction of sp³-hybridized carbons (Fsp3) is 0.150. The fourth-order valence-electron chi connectivity index (χ4n) is 2.90. The molecule has 0 saturated heterocycles. The second kappa shape index (κ2) is 7.48. The molecule has 0 aliphatic heterocycles. The molecular formula is C20H15ClN2O6. The molecule has 0 atom stereocenters. The molecule has 148 valence electrons. The molecular weight excluding hydrogens is 400 g/mol. The maximum Gasteiger partial charge on any atom is 0.349 e. The van der Waals surface area contributed by atoms with Gasteiger partial charge in [-0.05, 0) is 36.4 Å². The first kappa shape index (κ1) is 18.8. The second-order valence-corrected chi connectivity index (χ2v) is 6.39. The number of hydrogen-bond donors (Lipinski definition) is 0. The van der Waals surface area contributed by atoms with E-state index in [0.717, 1.165) is 0 Å². The van der Waals surface area contributed by atoms with Crippen LogP contribution in [0, 0.1) is 0 Å². The summed E-state index contributed by atoms with van der Waals surface area (Å²) in [7, 11) is 4.52. The van der Waals surface area contributed by atoms with Gasteiger partial charge < -0.3 is 23.0 Å². The van der Waals surface area contributed by atoms with Crippen LogP contribution in [-0.4, -0.2) is 31.5 Å². The van der Waals surface area contributed by atoms with Crippen LogP contribution < -0.4 is 19.8 Å². The molecule has 0 radical (unpaired) electrons. The Morgan fingerprint density at radius 2 is 1.55 bits per heavy atom. The van der Waals surface area contributed by atoms with E-state index in [4.69, 9.17) is 34.6 Å². The van der Waals surface area contributed by atoms with E-state index in [2.05, 4.69) is 10.2 Å². The molecule has 8 nitrogen and oxygen atoms in total. The van der Waals surface area contributed by atoms with Crippen LogP contribution in [0.2, 0.25) is 5.02 Å². The third-order valence-corrected chi connectivity index (χ3v) is 4.50. The zero-order valence-corrected chi connectivity index (χ0v) is 16.4. The third kappa shape index (κ3) is 3.38. The summed E-state index contributed by atoms with van der Waals surface area (Å²) in [6, 6.07) is 9.88. The summed E-state index contributed by atoms with van der Waals surface area (Å²) >= 11 is 6.02. The Labute approximate surface area is 169 Å². The first-order valence-electron chi connectivity index (χ1n) is 8.41. The highest BCUT2D eigenvalue weighted by Gasteiger charge is 2.20. The van der Waals surface area contributed by atoms with Crippen molar-refractivity contribution in [2.24, 2.45) is 0 Å². The second-order valence-electron chi connectivity index (χ2n) is 5.96. The predicted octanol–water partition coefficient (Wildman–Crippen LogP) is 4.19. The quantitative estimate of drug-likeness (QED) is 0.448. The molecule has 0 N–H and O–H groups in total. The molecule has 2 heterocycles. The fourth-order valence-corrected chi connectivity index (χ4v) is 3.08. The topological polar surface area (TPSA) is 96.8 Å². The molecule has 0 aliphatic carbocycles. The van der Waals surface area contributed by atoms with Crippen LogP contribution in [0.25, 0.3) is 33.9 Å². The number of ether oxygens (including phenoxy) is 3. The van der Waals surface area contributed by atoms with E-state index in [1.54, 1.807) is 36.4 Å². The summed E-state index contributed by atoms with van der Waals surface area (Å²) in [5, 5.41) is 9.17. The van der Waals surface area contributed by atoms with Gasteiger partial charge in [-0.3, -0.25) is 0 Å². The molecule has 0 aliphatic rings. The largest absolute Gasteiger partial charge is 0.493 e. The van der Waals surface area contributed by atoms with Crippen LogP contribution in [0.4, 0.5) is 0 Å². The van der Waals surface area contributed by atoms with Gasteiger partial charge in [-0.15, -0.1) is 10.2 Å². The first-order chi connectivity index (χ1) is 14.0. The molecule has 29 heavy (non-hydrogen) atoms. The smallest absolute Gasteiger partial charge is 0.349 e. The number of hydrogen-bond acceptors (Lipinski definition) is 8. The zero-order valence-electron chi connectivity index (χ0n) is 15.7. The van der Waals surface area contributed by atoms with Gasteiger partial charge >= 0.3 is 5.63 Å². The van der Waals surface area contributed by atoms with Gasteiger partial charge in [-0.25, -0.2) is 4.79 Å². The number of halogens is 1. The lowest BCUT2D eigenvalue weighted by Gasteiger charge is -2.12. The minimum absolute atomic E-state index is 0.0179. The molecule has 0 unspecified atom stereocenters. The summed E-state index contributed by atoms with van der Waals surface area (Å²) in [6.07, 6.45) is 0. The van der Waals surface area contributed by atoms with Crippen molar-refractivity contribution in [2.45, 2.75) is 0 Å². The molecule has 2 aromatic heterocycles. The van der Waals surface area contributed by atoms with Crippen LogP contribution >= 0.6 is 11.6 Å². The zero-order chi connectivity index (χ0) is 20.5. The van der Waals surface area contributed by atoms with Crippen molar-refractivity contribution in [3.63, 3.8) is 0 Å². The molecule has 0 bridgehead atoms. The number of methoxy groups -OCH3 is 3. The van der Waals surface area contributed by atoms with Gasteiger partial charge in [-0.2, -0.15) is 0 Å². The van der Waals surface area contributed by atoms with E-state index in [-0.39, 0.29) is 17.3 Å². The minimum Gasteiger partial charge on any atom is -0.493 e. The molecule has 0 amide bonds. The van der Waals surface area contributed by atoms with Gasteiger partial charge in [0.2, 0.25) is 11.6 Å². The summed E-state index contributed by atoms with van der Waals surface area (Å²) in [4.78, 5) is 12.4. The van der Waals surface area contributed by atoms with E-state index >= 15 is 0 Å². The number of aromatic nitrogens is 2. The van der Waals surface area contributed by atoms with Crippen molar-refractivity contribution < 1.29 is 23.0 Å². The van der Waals surface area contributed by atoms with Gasteiger partial charge in [0.15, 0.2) is 11.5 Å². The number of benzene rings is 2. The maximum atomic E-state index is 12.4. The number of rotatable bonds is 5. The maximum absolute atomic E-state index is 12.4. The number of nitrogens with zero attached hydrogens (tertiary/aromatic N) is 2. The molecule has 0 spiro atoms. The van der Waals surface area contributed by atoms with Crippen LogP contribution in [0.15, 0.2) is 50.0 Å². The van der Waals surface area contributed by atoms with Crippen molar-refractivity contribution in [3.05, 3.63) is 51.8 Å². The Hall–Kier alpha value is -3.52. The minimum atomic E-state index is -0.597. The third-order valence-electron chi connectivity index (χ3n) is 4.26. The van der Waals surface area contributed by atoms with Crippen molar-refractivity contribution in [1.29, 1.82) is 0 Å². The van der Waals surface area contributed by atoms with Gasteiger partial charge in [0.25, 0.3) is 5.89 Å². The van der Waals surface area contributed by atoms with E-state index in [9.17, 15) is 4.79 Å². The van der Waals surface area contributed by atoms with E-state index in [0.29, 0.717) is 38.8 Å². The highest BCUT2D eigenvalue weighted by atomic mass is 35.5. The highest BCUT2D eigenvalue weighted by molar-refractivity contribution is 6.31. The Balaban J connectivity index is 1.81. The van der Waals surface area contributed by atoms with Crippen LogP contribution in [0.3, 0.4) is 0 Å². The summed E-state index contributed by atoms with van der Waals surface area (Å²) in [5.74, 6) is 1.49. The Bertz CT molecular complexity index is 1240. The summed E-state index contributed by atoms with van der Waals surface area (Å²) in [6.45, 7) is 0. The monoisotopic (exact) mass is 414 g/mol. The van der Waals surface area contributed by atoms with Crippen LogP contribution in [0.5, 0.6) is 17.2 Å². The average Bonchev–Trinajstić information content (AvgIpc) is 3.22. The normalized spacial score (nSPS) is 10.9. The van der Waals surface area contributed by atoms with Gasteiger partial charge in [0.05, 0.1) is 21.3 Å². The standard InChI is InChI=1S/C20H15ClN2O6/c1-25-15-8-11(9-16(26-2)17(15)27-3)18-22-23-19(29-18)13-7-10-6-12(21)4-5-14(10)28-20(13)24/h4-9H,1-3H3. The molecule has 0 fully saturated rings. The molecule has 4 aromatic rings. The summed E-state index contributed by atoms with van der Waals surface area (Å²) < 4.78 is 27.0. The highest BCUT2D eigenvalue weighted by Crippen LogP contribution is 2.41. The SMILES string of the molecule is COc1cc(-c2nnc(-c3cc4cc(Cl)ccc4oc3=O)o2)cc(OC)c1OC. The molecule has 0 saturated carbocycles. The van der Waals surface area contributed by atoms with Crippen molar-refractivity contribution in [3.8, 4) is 40.2 Å². The predicted molar refractivity (Wildman–Crippen MR) is 106 cm³/mol. The van der Waals surface area contributed by atoms with E-state index < -0.39 is 5.63 Å². The molecule has 9 heteroatoms. The van der Waals surface area contributed by atoms with Crippen LogP contribution in [0.1, 0.15) is 0 Å². The van der Waals surface area contributed by atoms with E-state index in [1.165, 1.54) is 21.3 Å². The lowest BCUT2D eigenvalue weighted by atomic mass is 10.1. The molecule has 4 rings (SSSR count). The molecule has 2 aromatic carbocycles. The van der Waals surface area contributed by atoms with Crippen molar-refractivity contribution in [1.82, 2.24) is 10.2 Å². The van der Waals surface area contributed by atoms with Gasteiger partial charge in [0, 0.05) is 16.0 Å². The van der Waals surface area contributed by atoms with Gasteiger partial charge in [-0.1, -0.05) is 11.6 Å². The lowest BCUT2D eigenvalue weighted by Crippen LogP contribution is -2.02. The van der Waals surface area contributed by atoms with Gasteiger partial charge in [0.1, 0.15) is 11.1 Å². The number of fused-ring (bicyclic) bond motifs is 1. The Morgan fingerprint density at radius 1 is 0.862 bits per heavy atom. The van der Waals surface area contributed by atoms with Crippen molar-refractivity contribution in [2.75, 3.05) is 21.3 Å². The van der Waals surface area contributed by atoms with Crippen LogP contribution in [-0.2, 0) is 0 Å². The Kier molecular flexibility index (Phi) is 4.85. The lowest BCUT2D eigenvalue weighted by molar-refractivity contribution is 0.324. The first-order valence-corrected chi connectivity index (χ1v) is 8.79.